The molecule has 0 radical (unpaired) electrons. The van der Waals surface area contributed by atoms with Crippen molar-refractivity contribution in [2.75, 3.05) is 19.5 Å². The molecule has 1 fully saturated rings. The number of aryl methyl sites for hydroxylation is 1. The minimum atomic E-state index is -3.47. The molecule has 0 saturated heterocycles. The summed E-state index contributed by atoms with van der Waals surface area (Å²) in [4.78, 5) is 11.8. The number of carboxylic acid groups (broad SMARTS) is 1. The lowest BCUT2D eigenvalue weighted by molar-refractivity contribution is -0.145. The number of ether oxygens (including phenoxy) is 1. The molecule has 5 nitrogen and oxygen atoms in total. The van der Waals surface area contributed by atoms with Gasteiger partial charge < -0.3 is 9.84 Å². The lowest BCUT2D eigenvalue weighted by Gasteiger charge is -2.11. The van der Waals surface area contributed by atoms with Gasteiger partial charge in [0.25, 0.3) is 0 Å². The van der Waals surface area contributed by atoms with Gasteiger partial charge in [0, 0.05) is 18.8 Å². The molecule has 1 aromatic carbocycles. The first-order valence-corrected chi connectivity index (χ1v) is 8.53. The number of hydrogen-bond donors (Lipinski definition) is 1. The van der Waals surface area contributed by atoms with Gasteiger partial charge in [-0.05, 0) is 12.5 Å². The fourth-order valence-electron chi connectivity index (χ4n) is 3.09. The average Bonchev–Trinajstić information content (AvgIpc) is 3.11. The van der Waals surface area contributed by atoms with Gasteiger partial charge >= 0.3 is 5.97 Å². The van der Waals surface area contributed by atoms with Gasteiger partial charge in [0.2, 0.25) is 0 Å². The van der Waals surface area contributed by atoms with Crippen LogP contribution in [0.15, 0.2) is 24.3 Å². The van der Waals surface area contributed by atoms with Crippen molar-refractivity contribution in [1.29, 1.82) is 0 Å². The number of sulfone groups is 1. The number of methoxy groups -OCH3 is 1. The molecule has 0 heterocycles. The molecule has 116 valence electrons. The summed E-state index contributed by atoms with van der Waals surface area (Å²) in [6.45, 7) is 3.36. The standard InChI is InChI=1S/C15H20O5S/c1-4-21(18,19)13-12(11-7-5-10(2)6-8-11)15(13,9-20-3)14(16)17/h5-8,12-13H,4,9H2,1-3H3,(H,16,17). The van der Waals surface area contributed by atoms with Gasteiger partial charge in [-0.25, -0.2) is 8.42 Å². The molecule has 1 N–H and O–H groups in total. The van der Waals surface area contributed by atoms with Crippen LogP contribution in [-0.4, -0.2) is 44.2 Å². The van der Waals surface area contributed by atoms with E-state index in [1.165, 1.54) is 7.11 Å². The topological polar surface area (TPSA) is 80.7 Å². The number of benzene rings is 1. The first-order valence-electron chi connectivity index (χ1n) is 6.81. The zero-order valence-electron chi connectivity index (χ0n) is 12.4. The Kier molecular flexibility index (Phi) is 4.13. The Bertz CT molecular complexity index is 635. The third kappa shape index (κ3) is 2.46. The summed E-state index contributed by atoms with van der Waals surface area (Å²) in [6, 6.07) is 7.34. The van der Waals surface area contributed by atoms with Crippen LogP contribution in [0.5, 0.6) is 0 Å². The van der Waals surface area contributed by atoms with Crippen LogP contribution in [0, 0.1) is 12.3 Å². The Labute approximate surface area is 124 Å². The zero-order valence-corrected chi connectivity index (χ0v) is 13.2. The van der Waals surface area contributed by atoms with Crippen molar-refractivity contribution in [1.82, 2.24) is 0 Å². The van der Waals surface area contributed by atoms with Gasteiger partial charge in [0.05, 0.1) is 11.9 Å². The van der Waals surface area contributed by atoms with E-state index in [0.29, 0.717) is 0 Å². The summed E-state index contributed by atoms with van der Waals surface area (Å²) >= 11 is 0. The van der Waals surface area contributed by atoms with Crippen molar-refractivity contribution in [3.05, 3.63) is 35.4 Å². The summed E-state index contributed by atoms with van der Waals surface area (Å²) in [5.41, 5.74) is 0.405. The molecule has 21 heavy (non-hydrogen) atoms. The third-order valence-electron chi connectivity index (χ3n) is 4.26. The predicted octanol–water partition coefficient (Wildman–Crippen LogP) is 1.61. The maximum absolute atomic E-state index is 12.3. The molecule has 3 atom stereocenters. The Morgan fingerprint density at radius 2 is 1.90 bits per heavy atom. The number of carboxylic acids is 1. The highest BCUT2D eigenvalue weighted by Crippen LogP contribution is 2.63. The largest absolute Gasteiger partial charge is 0.481 e. The fourth-order valence-corrected chi connectivity index (χ4v) is 5.14. The first-order chi connectivity index (χ1) is 9.81. The molecule has 0 aliphatic heterocycles. The molecule has 6 heteroatoms. The van der Waals surface area contributed by atoms with Crippen LogP contribution in [0.1, 0.15) is 24.0 Å². The van der Waals surface area contributed by atoms with Crippen molar-refractivity contribution >= 4 is 15.8 Å². The Hall–Kier alpha value is -1.40. The summed E-state index contributed by atoms with van der Waals surface area (Å²) in [5.74, 6) is -1.74. The van der Waals surface area contributed by atoms with Crippen molar-refractivity contribution in [3.8, 4) is 0 Å². The van der Waals surface area contributed by atoms with Crippen LogP contribution in [0.25, 0.3) is 0 Å². The average molecular weight is 312 g/mol. The minimum Gasteiger partial charge on any atom is -0.481 e. The molecule has 2 rings (SSSR count). The third-order valence-corrected chi connectivity index (χ3v) is 6.53. The maximum Gasteiger partial charge on any atom is 0.314 e. The highest BCUT2D eigenvalue weighted by atomic mass is 32.2. The maximum atomic E-state index is 12.3. The number of hydrogen-bond acceptors (Lipinski definition) is 4. The van der Waals surface area contributed by atoms with Gasteiger partial charge in [-0.15, -0.1) is 0 Å². The second-order valence-corrected chi connectivity index (χ2v) is 7.95. The molecular formula is C15H20O5S. The van der Waals surface area contributed by atoms with E-state index in [-0.39, 0.29) is 12.4 Å². The van der Waals surface area contributed by atoms with Gasteiger partial charge in [-0.2, -0.15) is 0 Å². The van der Waals surface area contributed by atoms with Crippen LogP contribution >= 0.6 is 0 Å². The van der Waals surface area contributed by atoms with E-state index in [9.17, 15) is 18.3 Å². The van der Waals surface area contributed by atoms with Crippen molar-refractivity contribution in [3.63, 3.8) is 0 Å². The van der Waals surface area contributed by atoms with Crippen LogP contribution in [0.3, 0.4) is 0 Å². The van der Waals surface area contributed by atoms with Crippen LogP contribution < -0.4 is 0 Å². The first kappa shape index (κ1) is 16.0. The van der Waals surface area contributed by atoms with E-state index >= 15 is 0 Å². The van der Waals surface area contributed by atoms with Crippen LogP contribution in [-0.2, 0) is 19.4 Å². The van der Waals surface area contributed by atoms with Crippen LogP contribution in [0.4, 0.5) is 0 Å². The smallest absolute Gasteiger partial charge is 0.314 e. The van der Waals surface area contributed by atoms with E-state index in [2.05, 4.69) is 0 Å². The van der Waals surface area contributed by atoms with Crippen molar-refractivity contribution in [2.24, 2.45) is 5.41 Å². The zero-order chi connectivity index (χ0) is 15.8. The Morgan fingerprint density at radius 1 is 1.33 bits per heavy atom. The summed E-state index contributed by atoms with van der Waals surface area (Å²) in [6.07, 6.45) is 0. The van der Waals surface area contributed by atoms with Gasteiger partial charge in [0.1, 0.15) is 5.41 Å². The summed E-state index contributed by atoms with van der Waals surface area (Å²) < 4.78 is 29.6. The lowest BCUT2D eigenvalue weighted by Crippen LogP contribution is -2.29. The lowest BCUT2D eigenvalue weighted by atomic mass is 9.99. The fraction of sp³-hybridized carbons (Fsp3) is 0.533. The summed E-state index contributed by atoms with van der Waals surface area (Å²) in [5, 5.41) is 8.68. The van der Waals surface area contributed by atoms with E-state index in [4.69, 9.17) is 4.74 Å². The van der Waals surface area contributed by atoms with E-state index < -0.39 is 32.4 Å². The molecule has 0 amide bonds. The minimum absolute atomic E-state index is 0.0707. The quantitative estimate of drug-likeness (QED) is 0.863. The number of aliphatic carboxylic acids is 1. The van der Waals surface area contributed by atoms with E-state index in [1.807, 2.05) is 19.1 Å². The highest BCUT2D eigenvalue weighted by Gasteiger charge is 2.75. The number of rotatable bonds is 6. The predicted molar refractivity (Wildman–Crippen MR) is 79.1 cm³/mol. The van der Waals surface area contributed by atoms with Crippen molar-refractivity contribution in [2.45, 2.75) is 25.0 Å². The Morgan fingerprint density at radius 3 is 2.33 bits per heavy atom. The highest BCUT2D eigenvalue weighted by molar-refractivity contribution is 7.92. The summed E-state index contributed by atoms with van der Waals surface area (Å²) in [7, 11) is -2.07. The molecule has 3 unspecified atom stereocenters. The molecule has 1 aromatic rings. The second kappa shape index (κ2) is 5.42. The normalized spacial score (nSPS) is 28.3. The molecular weight excluding hydrogens is 292 g/mol. The number of carbonyl (C=O) groups is 1. The second-order valence-electron chi connectivity index (χ2n) is 5.54. The van der Waals surface area contributed by atoms with Crippen molar-refractivity contribution < 1.29 is 23.1 Å². The van der Waals surface area contributed by atoms with Gasteiger partial charge in [-0.3, -0.25) is 4.79 Å². The van der Waals surface area contributed by atoms with Crippen LogP contribution in [0.2, 0.25) is 0 Å². The molecule has 0 spiro atoms. The Balaban J connectivity index is 2.51. The molecule has 1 saturated carbocycles. The molecule has 1 aliphatic rings. The van der Waals surface area contributed by atoms with Gasteiger partial charge in [0.15, 0.2) is 9.84 Å². The SMILES string of the molecule is CCS(=O)(=O)C1C(c2ccc(C)cc2)C1(COC)C(=O)O. The molecule has 0 aromatic heterocycles. The molecule has 1 aliphatic carbocycles. The van der Waals surface area contributed by atoms with E-state index in [0.717, 1.165) is 11.1 Å². The van der Waals surface area contributed by atoms with E-state index in [1.54, 1.807) is 19.1 Å². The monoisotopic (exact) mass is 312 g/mol. The molecule has 0 bridgehead atoms. The van der Waals surface area contributed by atoms with Gasteiger partial charge in [-0.1, -0.05) is 36.8 Å².